The molecule has 0 fully saturated rings. The largest absolute Gasteiger partial charge is 0.327 e. The van der Waals surface area contributed by atoms with Crippen molar-refractivity contribution in [1.82, 2.24) is 10.2 Å². The fraction of sp³-hybridized carbons (Fsp3) is 0.118. The molecule has 0 spiro atoms. The van der Waals surface area contributed by atoms with E-state index in [4.69, 9.17) is 0 Å². The molecule has 2 aromatic rings. The van der Waals surface area contributed by atoms with E-state index in [0.29, 0.717) is 0 Å². The van der Waals surface area contributed by atoms with Crippen molar-refractivity contribution in [1.29, 1.82) is 0 Å². The number of halogens is 1. The fourth-order valence-corrected chi connectivity index (χ4v) is 2.70. The molecule has 1 atom stereocenters. The maximum Gasteiger partial charge on any atom is 0.321 e. The van der Waals surface area contributed by atoms with Gasteiger partial charge in [-0.15, -0.1) is 0 Å². The molecule has 1 unspecified atom stereocenters. The zero-order valence-electron chi connectivity index (χ0n) is 11.6. The van der Waals surface area contributed by atoms with Crippen LogP contribution in [0.25, 0.3) is 5.57 Å². The number of hydrogen-bond donors (Lipinski definition) is 1. The molecule has 0 radical (unpaired) electrons. The number of carbonyl (C=O) groups excluding carboxylic acids is 1. The predicted octanol–water partition coefficient (Wildman–Crippen LogP) is 4.19. The number of amides is 2. The van der Waals surface area contributed by atoms with Gasteiger partial charge in [0, 0.05) is 23.3 Å². The molecule has 0 aliphatic carbocycles. The molecule has 3 rings (SSSR count). The first-order valence-electron chi connectivity index (χ1n) is 6.71. The van der Waals surface area contributed by atoms with E-state index in [0.717, 1.165) is 21.2 Å². The van der Waals surface area contributed by atoms with E-state index in [1.807, 2.05) is 48.7 Å². The van der Waals surface area contributed by atoms with Crippen molar-refractivity contribution in [2.75, 3.05) is 7.05 Å². The van der Waals surface area contributed by atoms with E-state index >= 15 is 0 Å². The number of nitrogens with zero attached hydrogens (tertiary/aromatic N) is 1. The molecule has 0 aromatic heterocycles. The number of nitrogens with one attached hydrogen (secondary N) is 1. The molecule has 106 valence electrons. The van der Waals surface area contributed by atoms with Crippen molar-refractivity contribution in [2.24, 2.45) is 0 Å². The van der Waals surface area contributed by atoms with Crippen LogP contribution in [0, 0.1) is 0 Å². The van der Waals surface area contributed by atoms with Crippen molar-refractivity contribution in [3.05, 3.63) is 76.4 Å². The highest BCUT2D eigenvalue weighted by Gasteiger charge is 2.26. The molecule has 4 heteroatoms. The van der Waals surface area contributed by atoms with Gasteiger partial charge in [-0.3, -0.25) is 0 Å². The summed E-state index contributed by atoms with van der Waals surface area (Å²) in [6, 6.07) is 17.9. The van der Waals surface area contributed by atoms with Crippen LogP contribution >= 0.6 is 15.9 Å². The summed E-state index contributed by atoms with van der Waals surface area (Å²) >= 11 is 3.44. The minimum atomic E-state index is -0.135. The zero-order valence-corrected chi connectivity index (χ0v) is 13.2. The van der Waals surface area contributed by atoms with Gasteiger partial charge in [-0.2, -0.15) is 0 Å². The third-order valence-electron chi connectivity index (χ3n) is 3.54. The Morgan fingerprint density at radius 3 is 2.38 bits per heavy atom. The Labute approximate surface area is 132 Å². The van der Waals surface area contributed by atoms with Crippen LogP contribution < -0.4 is 5.32 Å². The van der Waals surface area contributed by atoms with E-state index in [-0.39, 0.29) is 12.1 Å². The summed E-state index contributed by atoms with van der Waals surface area (Å²) in [5.74, 6) is 0. The number of benzene rings is 2. The van der Waals surface area contributed by atoms with Crippen molar-refractivity contribution in [2.45, 2.75) is 6.04 Å². The quantitative estimate of drug-likeness (QED) is 0.871. The Morgan fingerprint density at radius 1 is 1.05 bits per heavy atom. The first-order chi connectivity index (χ1) is 10.1. The van der Waals surface area contributed by atoms with Gasteiger partial charge in [-0.25, -0.2) is 4.79 Å². The Bertz CT molecular complexity index is 680. The van der Waals surface area contributed by atoms with Gasteiger partial charge >= 0.3 is 6.03 Å². The highest BCUT2D eigenvalue weighted by Crippen LogP contribution is 2.33. The van der Waals surface area contributed by atoms with Crippen LogP contribution in [0.2, 0.25) is 0 Å². The van der Waals surface area contributed by atoms with Gasteiger partial charge in [0.05, 0.1) is 6.04 Å². The summed E-state index contributed by atoms with van der Waals surface area (Å²) < 4.78 is 1.02. The lowest BCUT2D eigenvalue weighted by Crippen LogP contribution is -2.41. The van der Waals surface area contributed by atoms with Gasteiger partial charge in [-0.1, -0.05) is 58.4 Å². The first kappa shape index (κ1) is 13.9. The average Bonchev–Trinajstić information content (AvgIpc) is 2.51. The second kappa shape index (κ2) is 5.74. The molecular formula is C17H15BrN2O. The van der Waals surface area contributed by atoms with E-state index < -0.39 is 0 Å². The molecule has 1 N–H and O–H groups in total. The van der Waals surface area contributed by atoms with Crippen molar-refractivity contribution in [3.8, 4) is 0 Å². The Morgan fingerprint density at radius 2 is 1.71 bits per heavy atom. The molecular weight excluding hydrogens is 328 g/mol. The predicted molar refractivity (Wildman–Crippen MR) is 87.6 cm³/mol. The normalized spacial score (nSPS) is 18.2. The minimum Gasteiger partial charge on any atom is -0.327 e. The monoisotopic (exact) mass is 342 g/mol. The van der Waals surface area contributed by atoms with E-state index in [9.17, 15) is 4.79 Å². The van der Waals surface area contributed by atoms with Crippen LogP contribution in [0.3, 0.4) is 0 Å². The summed E-state index contributed by atoms with van der Waals surface area (Å²) in [4.78, 5) is 13.6. The smallest absolute Gasteiger partial charge is 0.321 e. The minimum absolute atomic E-state index is 0.0948. The molecule has 1 aliphatic rings. The number of urea groups is 1. The Kier molecular flexibility index (Phi) is 3.80. The molecule has 0 saturated carbocycles. The van der Waals surface area contributed by atoms with Crippen molar-refractivity contribution >= 4 is 27.5 Å². The lowest BCUT2D eigenvalue weighted by Gasteiger charge is -2.31. The van der Waals surface area contributed by atoms with Crippen molar-refractivity contribution < 1.29 is 4.79 Å². The average molecular weight is 343 g/mol. The number of hydrogen-bond acceptors (Lipinski definition) is 1. The molecule has 21 heavy (non-hydrogen) atoms. The van der Waals surface area contributed by atoms with Crippen LogP contribution in [0.1, 0.15) is 17.2 Å². The molecule has 2 amide bonds. The van der Waals surface area contributed by atoms with Crippen LogP contribution in [0.15, 0.2) is 65.3 Å². The van der Waals surface area contributed by atoms with Crippen molar-refractivity contribution in [3.63, 3.8) is 0 Å². The number of rotatable bonds is 2. The van der Waals surface area contributed by atoms with Crippen LogP contribution in [0.5, 0.6) is 0 Å². The lowest BCUT2D eigenvalue weighted by molar-refractivity contribution is 0.218. The Hall–Kier alpha value is -2.07. The maximum atomic E-state index is 12.0. The zero-order chi connectivity index (χ0) is 14.8. The molecule has 3 nitrogen and oxygen atoms in total. The highest BCUT2D eigenvalue weighted by atomic mass is 79.9. The standard InChI is InChI=1S/C17H15BrN2O/c1-20-11-15(12-5-3-2-4-6-12)16(19-17(20)21)13-7-9-14(18)10-8-13/h2-11,16H,1H3,(H,19,21). The van der Waals surface area contributed by atoms with Crippen LogP contribution in [0.4, 0.5) is 4.79 Å². The first-order valence-corrected chi connectivity index (χ1v) is 7.50. The Balaban J connectivity index is 2.06. The second-order valence-corrected chi connectivity index (χ2v) is 5.91. The van der Waals surface area contributed by atoms with Crippen LogP contribution in [-0.2, 0) is 0 Å². The summed E-state index contributed by atoms with van der Waals surface area (Å²) in [6.45, 7) is 0. The van der Waals surface area contributed by atoms with Gasteiger partial charge in [0.1, 0.15) is 0 Å². The van der Waals surface area contributed by atoms with Gasteiger partial charge in [0.15, 0.2) is 0 Å². The summed E-state index contributed by atoms with van der Waals surface area (Å²) in [5.41, 5.74) is 3.26. The van der Waals surface area contributed by atoms with Gasteiger partial charge < -0.3 is 10.2 Å². The molecule has 2 aromatic carbocycles. The third-order valence-corrected chi connectivity index (χ3v) is 4.07. The van der Waals surface area contributed by atoms with E-state index in [1.54, 1.807) is 11.9 Å². The molecule has 0 saturated heterocycles. The fourth-order valence-electron chi connectivity index (χ4n) is 2.43. The third kappa shape index (κ3) is 2.85. The topological polar surface area (TPSA) is 32.3 Å². The summed E-state index contributed by atoms with van der Waals surface area (Å²) in [5, 5.41) is 3.05. The summed E-state index contributed by atoms with van der Waals surface area (Å²) in [7, 11) is 1.76. The van der Waals surface area contributed by atoms with Gasteiger partial charge in [0.25, 0.3) is 0 Å². The molecule has 0 bridgehead atoms. The van der Waals surface area contributed by atoms with E-state index in [1.165, 1.54) is 0 Å². The highest BCUT2D eigenvalue weighted by molar-refractivity contribution is 9.10. The van der Waals surface area contributed by atoms with E-state index in [2.05, 4.69) is 33.4 Å². The van der Waals surface area contributed by atoms with Crippen LogP contribution in [-0.4, -0.2) is 18.0 Å². The summed E-state index contributed by atoms with van der Waals surface area (Å²) in [6.07, 6.45) is 1.90. The molecule has 1 aliphatic heterocycles. The molecule has 1 heterocycles. The number of carbonyl (C=O) groups is 1. The second-order valence-electron chi connectivity index (χ2n) is 5.00. The van der Waals surface area contributed by atoms with Gasteiger partial charge in [-0.05, 0) is 23.3 Å². The lowest BCUT2D eigenvalue weighted by atomic mass is 9.92. The SMILES string of the molecule is CN1C=C(c2ccccc2)C(c2ccc(Br)cc2)NC1=O. The van der Waals surface area contributed by atoms with Gasteiger partial charge in [0.2, 0.25) is 0 Å². The maximum absolute atomic E-state index is 12.0.